The molecule has 18 heavy (non-hydrogen) atoms. The standard InChI is InChI=1S/C13H15NO3S/c1-2-10(13(16)17)14-12(15)9-7-18-11-6-4-3-5-8(9)11/h3-6,9-10H,2,7H2,1H3,(H,14,15)(H,16,17). The van der Waals surface area contributed by atoms with Crippen LogP contribution < -0.4 is 5.32 Å². The molecule has 1 aliphatic rings. The Hall–Kier alpha value is -1.49. The number of fused-ring (bicyclic) bond motifs is 1. The Bertz CT molecular complexity index is 475. The molecule has 2 unspecified atom stereocenters. The molecule has 0 bridgehead atoms. The zero-order chi connectivity index (χ0) is 13.1. The molecule has 5 heteroatoms. The van der Waals surface area contributed by atoms with Gasteiger partial charge in [0.05, 0.1) is 5.92 Å². The van der Waals surface area contributed by atoms with Crippen molar-refractivity contribution in [2.24, 2.45) is 0 Å². The minimum atomic E-state index is -0.982. The van der Waals surface area contributed by atoms with E-state index in [2.05, 4.69) is 5.32 Å². The minimum Gasteiger partial charge on any atom is -0.480 e. The highest BCUT2D eigenvalue weighted by atomic mass is 32.2. The minimum absolute atomic E-state index is 0.193. The van der Waals surface area contributed by atoms with Crippen LogP contribution in [0.15, 0.2) is 29.2 Å². The van der Waals surface area contributed by atoms with E-state index < -0.39 is 12.0 Å². The lowest BCUT2D eigenvalue weighted by atomic mass is 10.00. The molecule has 1 aromatic carbocycles. The van der Waals surface area contributed by atoms with Crippen molar-refractivity contribution in [2.45, 2.75) is 30.2 Å². The molecular weight excluding hydrogens is 250 g/mol. The van der Waals surface area contributed by atoms with Crippen molar-refractivity contribution in [1.29, 1.82) is 0 Å². The number of carbonyl (C=O) groups is 2. The predicted molar refractivity (Wildman–Crippen MR) is 69.8 cm³/mol. The smallest absolute Gasteiger partial charge is 0.326 e. The maximum atomic E-state index is 12.1. The highest BCUT2D eigenvalue weighted by molar-refractivity contribution is 7.99. The first-order valence-electron chi connectivity index (χ1n) is 5.88. The van der Waals surface area contributed by atoms with Crippen molar-refractivity contribution >= 4 is 23.6 Å². The summed E-state index contributed by atoms with van der Waals surface area (Å²) in [6.45, 7) is 1.75. The average molecular weight is 265 g/mol. The predicted octanol–water partition coefficient (Wildman–Crippen LogP) is 1.86. The number of amides is 1. The van der Waals surface area contributed by atoms with E-state index in [1.165, 1.54) is 0 Å². The lowest BCUT2D eigenvalue weighted by molar-refractivity contribution is -0.142. The summed E-state index contributed by atoms with van der Waals surface area (Å²) in [7, 11) is 0. The Morgan fingerprint density at radius 1 is 1.50 bits per heavy atom. The molecular formula is C13H15NO3S. The number of aliphatic carboxylic acids is 1. The second-order valence-corrected chi connectivity index (χ2v) is 5.27. The van der Waals surface area contributed by atoms with Crippen LogP contribution >= 0.6 is 11.8 Å². The van der Waals surface area contributed by atoms with Gasteiger partial charge < -0.3 is 10.4 Å². The van der Waals surface area contributed by atoms with Crippen LogP contribution in [-0.2, 0) is 9.59 Å². The molecule has 0 spiro atoms. The molecule has 2 rings (SSSR count). The van der Waals surface area contributed by atoms with E-state index in [1.807, 2.05) is 24.3 Å². The summed E-state index contributed by atoms with van der Waals surface area (Å²) >= 11 is 1.64. The quantitative estimate of drug-likeness (QED) is 0.872. The molecule has 1 heterocycles. The van der Waals surface area contributed by atoms with Crippen LogP contribution in [0.5, 0.6) is 0 Å². The Labute approximate surface area is 110 Å². The van der Waals surface area contributed by atoms with E-state index in [-0.39, 0.29) is 11.8 Å². The molecule has 1 aliphatic heterocycles. The Morgan fingerprint density at radius 2 is 2.22 bits per heavy atom. The van der Waals surface area contributed by atoms with Crippen LogP contribution in [0.25, 0.3) is 0 Å². The van der Waals surface area contributed by atoms with Crippen molar-refractivity contribution < 1.29 is 14.7 Å². The van der Waals surface area contributed by atoms with Gasteiger partial charge in [0, 0.05) is 10.6 Å². The number of benzene rings is 1. The van der Waals surface area contributed by atoms with Gasteiger partial charge in [-0.05, 0) is 18.1 Å². The van der Waals surface area contributed by atoms with E-state index in [9.17, 15) is 9.59 Å². The largest absolute Gasteiger partial charge is 0.480 e. The van der Waals surface area contributed by atoms with E-state index in [4.69, 9.17) is 5.11 Å². The summed E-state index contributed by atoms with van der Waals surface area (Å²) in [5.41, 5.74) is 1.00. The number of carboxylic acids is 1. The molecule has 0 aromatic heterocycles. The van der Waals surface area contributed by atoms with Crippen LogP contribution in [0.2, 0.25) is 0 Å². The van der Waals surface area contributed by atoms with Gasteiger partial charge in [0.1, 0.15) is 6.04 Å². The zero-order valence-corrected chi connectivity index (χ0v) is 10.9. The summed E-state index contributed by atoms with van der Waals surface area (Å²) in [5.74, 6) is -0.729. The Morgan fingerprint density at radius 3 is 2.89 bits per heavy atom. The zero-order valence-electron chi connectivity index (χ0n) is 10.1. The fourth-order valence-electron chi connectivity index (χ4n) is 1.99. The molecule has 96 valence electrons. The summed E-state index contributed by atoms with van der Waals surface area (Å²) in [6.07, 6.45) is 0.391. The third kappa shape index (κ3) is 2.51. The van der Waals surface area contributed by atoms with Crippen LogP contribution in [0.4, 0.5) is 0 Å². The lowest BCUT2D eigenvalue weighted by Gasteiger charge is -2.16. The monoisotopic (exact) mass is 265 g/mol. The summed E-state index contributed by atoms with van der Waals surface area (Å²) < 4.78 is 0. The summed E-state index contributed by atoms with van der Waals surface area (Å²) in [5, 5.41) is 11.5. The number of hydrogen-bond acceptors (Lipinski definition) is 3. The molecule has 1 amide bonds. The normalized spacial score (nSPS) is 19.1. The molecule has 2 N–H and O–H groups in total. The van der Waals surface area contributed by atoms with Crippen LogP contribution in [0, 0.1) is 0 Å². The summed E-state index contributed by atoms with van der Waals surface area (Å²) in [6, 6.07) is 6.97. The fourth-order valence-corrected chi connectivity index (χ4v) is 3.22. The van der Waals surface area contributed by atoms with E-state index in [0.29, 0.717) is 12.2 Å². The highest BCUT2D eigenvalue weighted by Gasteiger charge is 2.31. The first-order chi connectivity index (χ1) is 8.63. The van der Waals surface area contributed by atoms with Gasteiger partial charge in [-0.15, -0.1) is 11.8 Å². The first-order valence-corrected chi connectivity index (χ1v) is 6.87. The molecule has 1 aromatic rings. The number of carboxylic acid groups (broad SMARTS) is 1. The van der Waals surface area contributed by atoms with Gasteiger partial charge in [-0.3, -0.25) is 4.79 Å². The molecule has 0 fully saturated rings. The third-order valence-corrected chi connectivity index (χ3v) is 4.22. The van der Waals surface area contributed by atoms with Gasteiger partial charge >= 0.3 is 5.97 Å². The van der Waals surface area contributed by atoms with Gasteiger partial charge in [-0.2, -0.15) is 0 Å². The number of thioether (sulfide) groups is 1. The number of hydrogen-bond donors (Lipinski definition) is 2. The first kappa shape index (κ1) is 13.0. The van der Waals surface area contributed by atoms with E-state index in [1.54, 1.807) is 18.7 Å². The van der Waals surface area contributed by atoms with Crippen LogP contribution in [0.1, 0.15) is 24.8 Å². The van der Waals surface area contributed by atoms with E-state index >= 15 is 0 Å². The maximum Gasteiger partial charge on any atom is 0.326 e. The van der Waals surface area contributed by atoms with Crippen molar-refractivity contribution in [3.8, 4) is 0 Å². The SMILES string of the molecule is CCC(NC(=O)C1CSc2ccccc21)C(=O)O. The molecule has 4 nitrogen and oxygen atoms in total. The van der Waals surface area contributed by atoms with Crippen molar-refractivity contribution in [1.82, 2.24) is 5.32 Å². The third-order valence-electron chi connectivity index (χ3n) is 3.04. The Balaban J connectivity index is 2.10. The maximum absolute atomic E-state index is 12.1. The van der Waals surface area contributed by atoms with Gasteiger partial charge in [0.25, 0.3) is 0 Å². The molecule has 2 atom stereocenters. The van der Waals surface area contributed by atoms with Gasteiger partial charge in [0.2, 0.25) is 5.91 Å². The van der Waals surface area contributed by atoms with Crippen molar-refractivity contribution in [2.75, 3.05) is 5.75 Å². The van der Waals surface area contributed by atoms with Gasteiger partial charge in [-0.25, -0.2) is 4.79 Å². The van der Waals surface area contributed by atoms with Crippen molar-refractivity contribution in [3.63, 3.8) is 0 Å². The number of nitrogens with one attached hydrogen (secondary N) is 1. The fraction of sp³-hybridized carbons (Fsp3) is 0.385. The second kappa shape index (κ2) is 5.44. The van der Waals surface area contributed by atoms with Crippen LogP contribution in [0.3, 0.4) is 0 Å². The highest BCUT2D eigenvalue weighted by Crippen LogP contribution is 2.39. The van der Waals surface area contributed by atoms with Gasteiger partial charge in [0.15, 0.2) is 0 Å². The molecule has 0 radical (unpaired) electrons. The molecule has 0 aliphatic carbocycles. The van der Waals surface area contributed by atoms with E-state index in [0.717, 1.165) is 10.5 Å². The van der Waals surface area contributed by atoms with Crippen LogP contribution in [-0.4, -0.2) is 28.8 Å². The van der Waals surface area contributed by atoms with Crippen molar-refractivity contribution in [3.05, 3.63) is 29.8 Å². The summed E-state index contributed by atoms with van der Waals surface area (Å²) in [4.78, 5) is 24.1. The number of carbonyl (C=O) groups excluding carboxylic acids is 1. The molecule has 0 saturated heterocycles. The van der Waals surface area contributed by atoms with Gasteiger partial charge in [-0.1, -0.05) is 25.1 Å². The Kier molecular flexibility index (Phi) is 3.91. The average Bonchev–Trinajstić information content (AvgIpc) is 2.79. The lowest BCUT2D eigenvalue weighted by Crippen LogP contribution is -2.42. The molecule has 0 saturated carbocycles. The second-order valence-electron chi connectivity index (χ2n) is 4.21. The topological polar surface area (TPSA) is 66.4 Å². The number of rotatable bonds is 4.